The molecule has 8 atom stereocenters. The second-order valence-corrected chi connectivity index (χ2v) is 13.1. The molecule has 0 aliphatic heterocycles. The Balaban J connectivity index is 1.43. The molecule has 0 heteroatoms. The fourth-order valence-electron chi connectivity index (χ4n) is 8.82. The molecular formula is C29H50. The van der Waals surface area contributed by atoms with E-state index in [9.17, 15) is 0 Å². The van der Waals surface area contributed by atoms with Crippen molar-refractivity contribution in [1.82, 2.24) is 0 Å². The lowest BCUT2D eigenvalue weighted by Gasteiger charge is -2.58. The minimum atomic E-state index is 0.555. The van der Waals surface area contributed by atoms with Crippen LogP contribution in [0.25, 0.3) is 0 Å². The van der Waals surface area contributed by atoms with Crippen molar-refractivity contribution in [2.24, 2.45) is 52.3 Å². The van der Waals surface area contributed by atoms with Gasteiger partial charge in [-0.1, -0.05) is 72.5 Å². The number of allylic oxidation sites excluding steroid dienone is 2. The molecule has 0 bridgehead atoms. The first-order chi connectivity index (χ1) is 13.7. The van der Waals surface area contributed by atoms with Crippen LogP contribution < -0.4 is 0 Å². The van der Waals surface area contributed by atoms with Crippen LogP contribution in [0, 0.1) is 52.3 Å². The molecule has 0 aromatic rings. The van der Waals surface area contributed by atoms with Crippen LogP contribution in [0.1, 0.15) is 119 Å². The average molecular weight is 399 g/mol. The minimum Gasteiger partial charge on any atom is -0.0845 e. The summed E-state index contributed by atoms with van der Waals surface area (Å²) in [5.41, 5.74) is 3.07. The van der Waals surface area contributed by atoms with Crippen molar-refractivity contribution < 1.29 is 0 Å². The molecule has 3 saturated carbocycles. The van der Waals surface area contributed by atoms with Gasteiger partial charge in [0, 0.05) is 0 Å². The van der Waals surface area contributed by atoms with Gasteiger partial charge >= 0.3 is 0 Å². The highest BCUT2D eigenvalue weighted by Gasteiger charge is 2.58. The van der Waals surface area contributed by atoms with Gasteiger partial charge < -0.3 is 0 Å². The van der Waals surface area contributed by atoms with Crippen molar-refractivity contribution in [3.8, 4) is 0 Å². The summed E-state index contributed by atoms with van der Waals surface area (Å²) in [6.45, 7) is 15.2. The van der Waals surface area contributed by atoms with Gasteiger partial charge in [0.05, 0.1) is 0 Å². The fourth-order valence-corrected chi connectivity index (χ4v) is 8.82. The maximum atomic E-state index is 2.75. The van der Waals surface area contributed by atoms with Gasteiger partial charge in [0.15, 0.2) is 0 Å². The van der Waals surface area contributed by atoms with Gasteiger partial charge in [-0.25, -0.2) is 0 Å². The Labute approximate surface area is 182 Å². The molecule has 0 amide bonds. The second kappa shape index (κ2) is 8.35. The molecule has 4 aliphatic rings. The summed E-state index contributed by atoms with van der Waals surface area (Å²) >= 11 is 0. The van der Waals surface area contributed by atoms with Crippen LogP contribution >= 0.6 is 0 Å². The van der Waals surface area contributed by atoms with Gasteiger partial charge in [-0.05, 0) is 110 Å². The molecule has 3 unspecified atom stereocenters. The monoisotopic (exact) mass is 398 g/mol. The summed E-state index contributed by atoms with van der Waals surface area (Å²) in [5, 5.41) is 0. The standard InChI is InChI=1S/C29H50/c1-20(2)8-7-9-21(3)18-24-11-13-26-25-12-10-23-19-22(4)14-16-28(23,5)27(25)15-17-29(24,26)6/h10,20-22,24-27H,7-9,11-19H2,1-6H3/t21-,22+,24-,25?,26?,27?,28+,29-/m1/s1. The normalized spacial score (nSPS) is 45.3. The molecule has 0 nitrogen and oxygen atoms in total. The zero-order valence-electron chi connectivity index (χ0n) is 20.6. The molecule has 0 saturated heterocycles. The van der Waals surface area contributed by atoms with E-state index in [1.54, 1.807) is 0 Å². The van der Waals surface area contributed by atoms with Crippen LogP contribution in [0.15, 0.2) is 11.6 Å². The SMILES string of the molecule is CC(C)CCC[C@@H](C)C[C@H]1CCC2C3CC=C4C[C@@H](C)CC[C@]4(C)C3CC[C@@]21C. The predicted octanol–water partition coefficient (Wildman–Crippen LogP) is 9.05. The average Bonchev–Trinajstić information content (AvgIpc) is 2.98. The first-order valence-electron chi connectivity index (χ1n) is 13.4. The number of rotatable bonds is 6. The van der Waals surface area contributed by atoms with E-state index in [-0.39, 0.29) is 0 Å². The van der Waals surface area contributed by atoms with Crippen LogP contribution in [-0.4, -0.2) is 0 Å². The summed E-state index contributed by atoms with van der Waals surface area (Å²) in [5.74, 6) is 6.75. The zero-order chi connectivity index (χ0) is 20.8. The first-order valence-corrected chi connectivity index (χ1v) is 13.4. The van der Waals surface area contributed by atoms with E-state index in [4.69, 9.17) is 0 Å². The number of hydrogen-bond acceptors (Lipinski definition) is 0. The molecule has 0 aromatic heterocycles. The molecule has 0 heterocycles. The van der Waals surface area contributed by atoms with Crippen LogP contribution in [0.4, 0.5) is 0 Å². The molecule has 4 aliphatic carbocycles. The second-order valence-electron chi connectivity index (χ2n) is 13.1. The van der Waals surface area contributed by atoms with Crippen molar-refractivity contribution in [2.45, 2.75) is 119 Å². The van der Waals surface area contributed by atoms with Gasteiger partial charge in [0.25, 0.3) is 0 Å². The lowest BCUT2D eigenvalue weighted by molar-refractivity contribution is -0.0467. The van der Waals surface area contributed by atoms with Gasteiger partial charge in [-0.15, -0.1) is 0 Å². The summed E-state index contributed by atoms with van der Waals surface area (Å²) in [6, 6.07) is 0. The lowest BCUT2D eigenvalue weighted by Crippen LogP contribution is -2.50. The van der Waals surface area contributed by atoms with Crippen molar-refractivity contribution >= 4 is 0 Å². The maximum absolute atomic E-state index is 2.75. The molecule has 0 N–H and O–H groups in total. The molecule has 3 fully saturated rings. The summed E-state index contributed by atoms with van der Waals surface area (Å²) in [4.78, 5) is 0. The Kier molecular flexibility index (Phi) is 6.32. The van der Waals surface area contributed by atoms with Gasteiger partial charge in [0.1, 0.15) is 0 Å². The van der Waals surface area contributed by atoms with Crippen LogP contribution in [0.5, 0.6) is 0 Å². The van der Waals surface area contributed by atoms with E-state index in [1.807, 2.05) is 5.57 Å². The lowest BCUT2D eigenvalue weighted by atomic mass is 9.47. The quantitative estimate of drug-likeness (QED) is 0.391. The highest BCUT2D eigenvalue weighted by atomic mass is 14.6. The Bertz CT molecular complexity index is 599. The molecule has 0 aromatic carbocycles. The van der Waals surface area contributed by atoms with E-state index >= 15 is 0 Å². The van der Waals surface area contributed by atoms with E-state index in [0.717, 1.165) is 41.4 Å². The summed E-state index contributed by atoms with van der Waals surface area (Å²) in [6.07, 6.45) is 20.5. The molecule has 166 valence electrons. The number of fused-ring (bicyclic) bond motifs is 5. The van der Waals surface area contributed by atoms with Gasteiger partial charge in [-0.2, -0.15) is 0 Å². The van der Waals surface area contributed by atoms with E-state index in [1.165, 1.54) is 77.0 Å². The summed E-state index contributed by atoms with van der Waals surface area (Å²) in [7, 11) is 0. The van der Waals surface area contributed by atoms with Crippen LogP contribution in [-0.2, 0) is 0 Å². The highest BCUT2D eigenvalue weighted by Crippen LogP contribution is 2.67. The summed E-state index contributed by atoms with van der Waals surface area (Å²) < 4.78 is 0. The van der Waals surface area contributed by atoms with Gasteiger partial charge in [-0.3, -0.25) is 0 Å². The van der Waals surface area contributed by atoms with Crippen molar-refractivity contribution in [3.05, 3.63) is 11.6 Å². The molecular weight excluding hydrogens is 348 g/mol. The van der Waals surface area contributed by atoms with Crippen molar-refractivity contribution in [2.75, 3.05) is 0 Å². The molecule has 0 radical (unpaired) electrons. The fraction of sp³-hybridized carbons (Fsp3) is 0.931. The Morgan fingerprint density at radius 2 is 1.76 bits per heavy atom. The van der Waals surface area contributed by atoms with E-state index < -0.39 is 0 Å². The van der Waals surface area contributed by atoms with E-state index in [2.05, 4.69) is 47.6 Å². The third-order valence-electron chi connectivity index (χ3n) is 10.7. The maximum Gasteiger partial charge on any atom is -0.00851 e. The Hall–Kier alpha value is -0.260. The van der Waals surface area contributed by atoms with Crippen LogP contribution in [0.3, 0.4) is 0 Å². The Morgan fingerprint density at radius 3 is 2.52 bits per heavy atom. The molecule has 4 rings (SSSR count). The minimum absolute atomic E-state index is 0.555. The van der Waals surface area contributed by atoms with Crippen molar-refractivity contribution in [3.63, 3.8) is 0 Å². The Morgan fingerprint density at radius 1 is 0.966 bits per heavy atom. The van der Waals surface area contributed by atoms with Gasteiger partial charge in [0.2, 0.25) is 0 Å². The highest BCUT2D eigenvalue weighted by molar-refractivity contribution is 5.25. The number of hydrogen-bond donors (Lipinski definition) is 0. The largest absolute Gasteiger partial charge is 0.0845 e. The smallest absolute Gasteiger partial charge is 0.00851 e. The van der Waals surface area contributed by atoms with Crippen LogP contribution in [0.2, 0.25) is 0 Å². The molecule has 0 spiro atoms. The third-order valence-corrected chi connectivity index (χ3v) is 10.7. The molecule has 29 heavy (non-hydrogen) atoms. The first kappa shape index (κ1) is 22.0. The van der Waals surface area contributed by atoms with E-state index in [0.29, 0.717) is 10.8 Å². The van der Waals surface area contributed by atoms with Crippen molar-refractivity contribution in [1.29, 1.82) is 0 Å². The predicted molar refractivity (Wildman–Crippen MR) is 127 cm³/mol. The zero-order valence-corrected chi connectivity index (χ0v) is 20.6. The topological polar surface area (TPSA) is 0 Å². The third kappa shape index (κ3) is 4.01.